The van der Waals surface area contributed by atoms with E-state index in [1.807, 2.05) is 0 Å². The molecule has 0 saturated heterocycles. The van der Waals surface area contributed by atoms with Crippen LogP contribution in [0.25, 0.3) is 0 Å². The van der Waals surface area contributed by atoms with Gasteiger partial charge in [-0.2, -0.15) is 5.10 Å². The summed E-state index contributed by atoms with van der Waals surface area (Å²) in [7, 11) is 0. The summed E-state index contributed by atoms with van der Waals surface area (Å²) in [4.78, 5) is 0. The van der Waals surface area contributed by atoms with E-state index in [1.54, 1.807) is 0 Å². The molecule has 0 spiro atoms. The smallest absolute Gasteiger partial charge is 0.0641 e. The Kier molecular flexibility index (Phi) is 4.90. The van der Waals surface area contributed by atoms with Crippen molar-refractivity contribution in [2.45, 2.75) is 91.3 Å². The van der Waals surface area contributed by atoms with Crippen molar-refractivity contribution in [3.05, 3.63) is 17.0 Å². The van der Waals surface area contributed by atoms with Gasteiger partial charge in [-0.05, 0) is 47.5 Å². The van der Waals surface area contributed by atoms with Crippen molar-refractivity contribution in [1.82, 2.24) is 15.1 Å². The maximum atomic E-state index is 4.85. The molecule has 3 heteroatoms. The molecule has 1 heterocycles. The van der Waals surface area contributed by atoms with Gasteiger partial charge in [0.2, 0.25) is 0 Å². The highest BCUT2D eigenvalue weighted by atomic mass is 15.3. The lowest BCUT2D eigenvalue weighted by Crippen LogP contribution is -2.35. The topological polar surface area (TPSA) is 29.9 Å². The van der Waals surface area contributed by atoms with E-state index in [0.29, 0.717) is 6.04 Å². The van der Waals surface area contributed by atoms with E-state index in [2.05, 4.69) is 44.6 Å². The lowest BCUT2D eigenvalue weighted by atomic mass is 10.1. The van der Waals surface area contributed by atoms with Gasteiger partial charge in [0, 0.05) is 23.3 Å². The lowest BCUT2D eigenvalue weighted by molar-refractivity contribution is 0.394. The molecule has 20 heavy (non-hydrogen) atoms. The molecule has 1 aromatic heterocycles. The number of aromatic nitrogens is 2. The van der Waals surface area contributed by atoms with Crippen LogP contribution in [0.1, 0.15) is 82.3 Å². The lowest BCUT2D eigenvalue weighted by Gasteiger charge is -2.21. The average Bonchev–Trinajstić information content (AvgIpc) is 2.58. The van der Waals surface area contributed by atoms with Crippen LogP contribution in [0.15, 0.2) is 0 Å². The van der Waals surface area contributed by atoms with Crippen LogP contribution in [0, 0.1) is 13.8 Å². The molecule has 0 unspecified atom stereocenters. The van der Waals surface area contributed by atoms with Crippen LogP contribution in [-0.2, 0) is 6.54 Å². The SMILES string of the molecule is Cc1nn(C2CCCCCC2)c(C)c1CNC(C)(C)C. The van der Waals surface area contributed by atoms with Gasteiger partial charge >= 0.3 is 0 Å². The minimum Gasteiger partial charge on any atom is -0.308 e. The van der Waals surface area contributed by atoms with Crippen molar-refractivity contribution >= 4 is 0 Å². The number of rotatable bonds is 3. The summed E-state index contributed by atoms with van der Waals surface area (Å²) in [6.07, 6.45) is 8.11. The van der Waals surface area contributed by atoms with Crippen molar-refractivity contribution in [3.8, 4) is 0 Å². The zero-order valence-electron chi connectivity index (χ0n) is 13.9. The first kappa shape index (κ1) is 15.6. The Hall–Kier alpha value is -0.830. The van der Waals surface area contributed by atoms with Crippen molar-refractivity contribution in [1.29, 1.82) is 0 Å². The maximum Gasteiger partial charge on any atom is 0.0641 e. The van der Waals surface area contributed by atoms with Gasteiger partial charge in [-0.1, -0.05) is 25.7 Å². The summed E-state index contributed by atoms with van der Waals surface area (Å²) in [6, 6.07) is 0.625. The number of nitrogens with zero attached hydrogens (tertiary/aromatic N) is 2. The second-order valence-corrected chi connectivity index (χ2v) is 7.34. The van der Waals surface area contributed by atoms with Crippen LogP contribution in [0.3, 0.4) is 0 Å². The third-order valence-electron chi connectivity index (χ3n) is 4.44. The highest BCUT2D eigenvalue weighted by Crippen LogP contribution is 2.29. The molecule has 1 saturated carbocycles. The average molecular weight is 277 g/mol. The van der Waals surface area contributed by atoms with Gasteiger partial charge < -0.3 is 5.32 Å². The fraction of sp³-hybridized carbons (Fsp3) is 0.824. The van der Waals surface area contributed by atoms with Crippen LogP contribution in [0.2, 0.25) is 0 Å². The third kappa shape index (κ3) is 3.85. The summed E-state index contributed by atoms with van der Waals surface area (Å²) < 4.78 is 2.32. The second kappa shape index (κ2) is 6.30. The minimum atomic E-state index is 0.156. The number of hydrogen-bond acceptors (Lipinski definition) is 2. The minimum absolute atomic E-state index is 0.156. The van der Waals surface area contributed by atoms with Crippen molar-refractivity contribution in [2.75, 3.05) is 0 Å². The predicted octanol–water partition coefficient (Wildman–Crippen LogP) is 4.28. The fourth-order valence-electron chi connectivity index (χ4n) is 3.16. The van der Waals surface area contributed by atoms with Gasteiger partial charge in [0.05, 0.1) is 11.7 Å². The van der Waals surface area contributed by atoms with E-state index >= 15 is 0 Å². The fourth-order valence-corrected chi connectivity index (χ4v) is 3.16. The molecule has 114 valence electrons. The Bertz CT molecular complexity index is 432. The van der Waals surface area contributed by atoms with Crippen molar-refractivity contribution in [3.63, 3.8) is 0 Å². The summed E-state index contributed by atoms with van der Waals surface area (Å²) in [5, 5.41) is 8.45. The molecule has 0 amide bonds. The van der Waals surface area contributed by atoms with Crippen LogP contribution in [-0.4, -0.2) is 15.3 Å². The molecule has 1 aliphatic carbocycles. The molecule has 0 radical (unpaired) electrons. The Balaban J connectivity index is 2.15. The molecule has 0 bridgehead atoms. The van der Waals surface area contributed by atoms with E-state index in [9.17, 15) is 0 Å². The first-order chi connectivity index (χ1) is 9.38. The number of nitrogens with one attached hydrogen (secondary N) is 1. The molecule has 1 fully saturated rings. The van der Waals surface area contributed by atoms with Gasteiger partial charge in [-0.3, -0.25) is 4.68 Å². The van der Waals surface area contributed by atoms with E-state index < -0.39 is 0 Å². The normalized spacial score (nSPS) is 18.2. The zero-order chi connectivity index (χ0) is 14.8. The van der Waals surface area contributed by atoms with E-state index in [-0.39, 0.29) is 5.54 Å². The standard InChI is InChI=1S/C17H31N3/c1-13-16(12-18-17(3,4)5)14(2)20(19-13)15-10-8-6-7-9-11-15/h15,18H,6-12H2,1-5H3. The van der Waals surface area contributed by atoms with Crippen LogP contribution in [0.5, 0.6) is 0 Å². The van der Waals surface area contributed by atoms with Crippen LogP contribution in [0.4, 0.5) is 0 Å². The van der Waals surface area contributed by atoms with Gasteiger partial charge in [0.1, 0.15) is 0 Å². The Morgan fingerprint density at radius 3 is 2.25 bits per heavy atom. The Labute approximate surface area is 124 Å². The van der Waals surface area contributed by atoms with E-state index in [1.165, 1.54) is 55.5 Å². The third-order valence-corrected chi connectivity index (χ3v) is 4.44. The molecule has 1 N–H and O–H groups in total. The summed E-state index contributed by atoms with van der Waals surface area (Å²) in [5.74, 6) is 0. The molecular formula is C17H31N3. The molecule has 0 aliphatic heterocycles. The molecule has 0 atom stereocenters. The highest BCUT2D eigenvalue weighted by molar-refractivity contribution is 5.25. The van der Waals surface area contributed by atoms with Gasteiger partial charge in [0.15, 0.2) is 0 Å². The maximum absolute atomic E-state index is 4.85. The first-order valence-corrected chi connectivity index (χ1v) is 8.18. The van der Waals surface area contributed by atoms with Gasteiger partial charge in [0.25, 0.3) is 0 Å². The molecule has 2 rings (SSSR count). The Morgan fingerprint density at radius 1 is 1.10 bits per heavy atom. The van der Waals surface area contributed by atoms with Gasteiger partial charge in [-0.15, -0.1) is 0 Å². The quantitative estimate of drug-likeness (QED) is 0.836. The van der Waals surface area contributed by atoms with Crippen molar-refractivity contribution < 1.29 is 0 Å². The predicted molar refractivity (Wildman–Crippen MR) is 85.0 cm³/mol. The monoisotopic (exact) mass is 277 g/mol. The highest BCUT2D eigenvalue weighted by Gasteiger charge is 2.20. The number of aryl methyl sites for hydroxylation is 1. The molecular weight excluding hydrogens is 246 g/mol. The molecule has 0 aromatic carbocycles. The van der Waals surface area contributed by atoms with E-state index in [4.69, 9.17) is 5.10 Å². The zero-order valence-corrected chi connectivity index (χ0v) is 13.9. The summed E-state index contributed by atoms with van der Waals surface area (Å²) in [5.41, 5.74) is 4.11. The second-order valence-electron chi connectivity index (χ2n) is 7.34. The largest absolute Gasteiger partial charge is 0.308 e. The molecule has 3 nitrogen and oxygen atoms in total. The molecule has 1 aromatic rings. The van der Waals surface area contributed by atoms with Crippen molar-refractivity contribution in [2.24, 2.45) is 0 Å². The van der Waals surface area contributed by atoms with Gasteiger partial charge in [-0.25, -0.2) is 0 Å². The Morgan fingerprint density at radius 2 is 1.70 bits per heavy atom. The van der Waals surface area contributed by atoms with E-state index in [0.717, 1.165) is 6.54 Å². The first-order valence-electron chi connectivity index (χ1n) is 8.18. The van der Waals surface area contributed by atoms with Crippen LogP contribution < -0.4 is 5.32 Å². The van der Waals surface area contributed by atoms with Crippen LogP contribution >= 0.6 is 0 Å². The summed E-state index contributed by atoms with van der Waals surface area (Å²) in [6.45, 7) is 12.0. The number of hydrogen-bond donors (Lipinski definition) is 1. The summed E-state index contributed by atoms with van der Waals surface area (Å²) >= 11 is 0. The molecule has 1 aliphatic rings.